The number of imidazole rings is 1. The molecule has 0 aliphatic heterocycles. The Bertz CT molecular complexity index is 1660. The number of benzene rings is 2. The smallest absolute Gasteiger partial charge is 0.278 e. The molecule has 0 saturated carbocycles. The highest BCUT2D eigenvalue weighted by Gasteiger charge is 2.15. The second-order valence-corrected chi connectivity index (χ2v) is 8.31. The third-order valence-electron chi connectivity index (χ3n) is 5.28. The van der Waals surface area contributed by atoms with Crippen molar-refractivity contribution in [2.24, 2.45) is 10.7 Å². The van der Waals surface area contributed by atoms with E-state index in [1.807, 2.05) is 24.3 Å². The Kier molecular flexibility index (Phi) is 6.33. The summed E-state index contributed by atoms with van der Waals surface area (Å²) in [4.78, 5) is 40.5. The van der Waals surface area contributed by atoms with Crippen LogP contribution in [0.3, 0.4) is 0 Å². The van der Waals surface area contributed by atoms with Crippen LogP contribution in [0.1, 0.15) is 5.56 Å². The predicted octanol–water partition coefficient (Wildman–Crippen LogP) is 3.13. The first-order valence-corrected chi connectivity index (χ1v) is 11.3. The van der Waals surface area contributed by atoms with Crippen LogP contribution in [0.5, 0.6) is 11.6 Å². The van der Waals surface area contributed by atoms with Gasteiger partial charge in [0.2, 0.25) is 17.4 Å². The van der Waals surface area contributed by atoms with E-state index in [4.69, 9.17) is 22.1 Å². The topological polar surface area (TPSA) is 133 Å². The molecule has 3 heterocycles. The highest BCUT2D eigenvalue weighted by atomic mass is 35.5. The summed E-state index contributed by atoms with van der Waals surface area (Å²) in [7, 11) is 0. The minimum atomic E-state index is -0.584. The van der Waals surface area contributed by atoms with Crippen molar-refractivity contribution >= 4 is 34.4 Å². The average molecular weight is 502 g/mol. The summed E-state index contributed by atoms with van der Waals surface area (Å²) in [6.07, 6.45) is 3.06. The van der Waals surface area contributed by atoms with Crippen molar-refractivity contribution in [1.82, 2.24) is 24.1 Å². The molecule has 0 aliphatic carbocycles. The quantitative estimate of drug-likeness (QED) is 0.353. The van der Waals surface area contributed by atoms with E-state index in [0.717, 1.165) is 5.56 Å². The molecule has 10 nitrogen and oxygen atoms in total. The number of nitrogens with zero attached hydrogens (tertiary/aromatic N) is 5. The molecule has 3 N–H and O–H groups in total. The van der Waals surface area contributed by atoms with Gasteiger partial charge in [0.05, 0.1) is 18.6 Å². The molecule has 3 aromatic heterocycles. The molecule has 0 fully saturated rings. The van der Waals surface area contributed by atoms with Gasteiger partial charge in [0.15, 0.2) is 11.2 Å². The summed E-state index contributed by atoms with van der Waals surface area (Å²) in [5.41, 5.74) is 7.27. The van der Waals surface area contributed by atoms with Crippen molar-refractivity contribution < 1.29 is 9.53 Å². The average Bonchev–Trinajstić information content (AvgIpc) is 3.28. The normalized spacial score (nSPS) is 11.6. The van der Waals surface area contributed by atoms with Crippen LogP contribution in [0.2, 0.25) is 5.02 Å². The number of hydrogen-bond acceptors (Lipinski definition) is 6. The monoisotopic (exact) mass is 501 g/mol. The Balaban J connectivity index is 1.58. The van der Waals surface area contributed by atoms with Crippen molar-refractivity contribution in [1.29, 1.82) is 0 Å². The summed E-state index contributed by atoms with van der Waals surface area (Å²) >= 11 is 6.04. The van der Waals surface area contributed by atoms with Crippen molar-refractivity contribution in [2.75, 3.05) is 0 Å². The zero-order valence-electron chi connectivity index (χ0n) is 18.8. The second-order valence-electron chi connectivity index (χ2n) is 7.88. The molecule has 5 aromatic rings. The third kappa shape index (κ3) is 5.03. The molecule has 5 rings (SSSR count). The predicted molar refractivity (Wildman–Crippen MR) is 134 cm³/mol. The number of aromatic nitrogens is 5. The Morgan fingerprint density at radius 2 is 1.83 bits per heavy atom. The number of primary amides is 1. The highest BCUT2D eigenvalue weighted by Crippen LogP contribution is 2.22. The largest absolute Gasteiger partial charge is 0.439 e. The Morgan fingerprint density at radius 1 is 1.06 bits per heavy atom. The summed E-state index contributed by atoms with van der Waals surface area (Å²) < 4.78 is 8.91. The minimum absolute atomic E-state index is 0.172. The second kappa shape index (κ2) is 9.88. The molecule has 180 valence electrons. The molecule has 0 bridgehead atoms. The molecule has 0 radical (unpaired) electrons. The van der Waals surface area contributed by atoms with Crippen molar-refractivity contribution in [3.63, 3.8) is 0 Å². The van der Waals surface area contributed by atoms with Gasteiger partial charge >= 0.3 is 0 Å². The fraction of sp³-hybridized carbons (Fsp3) is 0.0800. The van der Waals surface area contributed by atoms with Crippen LogP contribution < -0.4 is 21.6 Å². The number of pyridine rings is 1. The van der Waals surface area contributed by atoms with Crippen LogP contribution in [0.4, 0.5) is 5.69 Å². The van der Waals surface area contributed by atoms with Crippen LogP contribution in [0, 0.1) is 0 Å². The lowest BCUT2D eigenvalue weighted by Crippen LogP contribution is -2.33. The van der Waals surface area contributed by atoms with Crippen LogP contribution in [0.25, 0.3) is 11.2 Å². The number of carbonyl (C=O) groups excluding carboxylic acids is 1. The molecule has 2 aromatic carbocycles. The minimum Gasteiger partial charge on any atom is -0.439 e. The van der Waals surface area contributed by atoms with E-state index < -0.39 is 11.5 Å². The van der Waals surface area contributed by atoms with Gasteiger partial charge in [-0.3, -0.25) is 19.1 Å². The first kappa shape index (κ1) is 23.1. The summed E-state index contributed by atoms with van der Waals surface area (Å²) in [6.45, 7) is 0.173. The first-order valence-electron chi connectivity index (χ1n) is 10.9. The van der Waals surface area contributed by atoms with E-state index >= 15 is 0 Å². The van der Waals surface area contributed by atoms with E-state index in [9.17, 15) is 9.59 Å². The summed E-state index contributed by atoms with van der Waals surface area (Å²) in [6, 6.07) is 19.8. The van der Waals surface area contributed by atoms with Crippen LogP contribution in [-0.4, -0.2) is 30.0 Å². The summed E-state index contributed by atoms with van der Waals surface area (Å²) in [5, 5.41) is 0.610. The Morgan fingerprint density at radius 3 is 2.53 bits per heavy atom. The zero-order chi connectivity index (χ0) is 25.1. The van der Waals surface area contributed by atoms with Gasteiger partial charge in [-0.1, -0.05) is 29.8 Å². The van der Waals surface area contributed by atoms with Gasteiger partial charge in [0, 0.05) is 17.3 Å². The van der Waals surface area contributed by atoms with E-state index in [-0.39, 0.29) is 17.7 Å². The number of ether oxygens (including phenoxy) is 1. The van der Waals surface area contributed by atoms with Crippen LogP contribution in [-0.2, 0) is 17.9 Å². The number of halogens is 1. The van der Waals surface area contributed by atoms with Gasteiger partial charge in [-0.2, -0.15) is 0 Å². The number of aromatic amines is 1. The lowest BCUT2D eigenvalue weighted by atomic mass is 10.2. The molecular formula is C25H20ClN7O3. The number of H-pyrrole nitrogens is 1. The number of nitrogens with two attached hydrogens (primary N) is 1. The van der Waals surface area contributed by atoms with E-state index in [0.29, 0.717) is 34.5 Å². The van der Waals surface area contributed by atoms with Crippen LogP contribution in [0.15, 0.2) is 89.0 Å². The molecule has 0 unspecified atom stereocenters. The first-order chi connectivity index (χ1) is 17.5. The molecule has 0 aliphatic rings. The molecule has 0 atom stereocenters. The molecule has 11 heteroatoms. The number of amides is 1. The van der Waals surface area contributed by atoms with Crippen molar-refractivity contribution in [2.45, 2.75) is 13.1 Å². The number of fused-ring (bicyclic) bond motifs is 1. The molecule has 36 heavy (non-hydrogen) atoms. The maximum absolute atomic E-state index is 13.0. The number of carbonyl (C=O) groups is 1. The highest BCUT2D eigenvalue weighted by molar-refractivity contribution is 6.30. The maximum atomic E-state index is 13.0. The SMILES string of the molecule is NC(=O)Cn1cnc2c1c(=O)[nH]/c(=N\c1ccc(Oc3ccccn3)cc1)n2Cc1ccc(Cl)cc1. The van der Waals surface area contributed by atoms with Gasteiger partial charge in [-0.25, -0.2) is 15.0 Å². The molecule has 0 spiro atoms. The lowest BCUT2D eigenvalue weighted by molar-refractivity contribution is -0.118. The standard InChI is InChI=1S/C25H20ClN7O3/c26-17-6-4-16(5-7-17)13-33-23-22(32(15-29-23)14-20(27)34)24(35)31-25(33)30-18-8-10-19(11-9-18)36-21-3-1-2-12-28-21/h1-12,15H,13-14H2,(H2,27,34)(H,30,31,35). The molecule has 1 amide bonds. The van der Waals surface area contributed by atoms with E-state index in [1.54, 1.807) is 53.2 Å². The van der Waals surface area contributed by atoms with E-state index in [1.165, 1.54) is 10.9 Å². The van der Waals surface area contributed by atoms with Gasteiger partial charge in [0.1, 0.15) is 12.3 Å². The van der Waals surface area contributed by atoms with Gasteiger partial charge in [0.25, 0.3) is 5.56 Å². The number of hydrogen-bond donors (Lipinski definition) is 2. The van der Waals surface area contributed by atoms with Gasteiger partial charge in [-0.05, 0) is 48.0 Å². The van der Waals surface area contributed by atoms with Crippen molar-refractivity contribution in [3.8, 4) is 11.6 Å². The molecular weight excluding hydrogens is 482 g/mol. The van der Waals surface area contributed by atoms with Gasteiger partial charge in [-0.15, -0.1) is 0 Å². The Labute approximate surface area is 209 Å². The fourth-order valence-electron chi connectivity index (χ4n) is 3.67. The van der Waals surface area contributed by atoms with Gasteiger partial charge < -0.3 is 15.0 Å². The number of nitrogens with one attached hydrogen (secondary N) is 1. The Hall–Kier alpha value is -4.70. The maximum Gasteiger partial charge on any atom is 0.278 e. The number of rotatable bonds is 7. The van der Waals surface area contributed by atoms with Crippen LogP contribution >= 0.6 is 11.6 Å². The molecule has 0 saturated heterocycles. The fourth-order valence-corrected chi connectivity index (χ4v) is 3.79. The zero-order valence-corrected chi connectivity index (χ0v) is 19.6. The lowest BCUT2D eigenvalue weighted by Gasteiger charge is -2.10. The summed E-state index contributed by atoms with van der Waals surface area (Å²) in [5.74, 6) is 0.486. The third-order valence-corrected chi connectivity index (χ3v) is 5.53. The van der Waals surface area contributed by atoms with E-state index in [2.05, 4.69) is 19.9 Å². The van der Waals surface area contributed by atoms with Crippen molar-refractivity contribution in [3.05, 3.63) is 106 Å².